The number of hydrogen-bond acceptors (Lipinski definition) is 4. The van der Waals surface area contributed by atoms with E-state index in [0.29, 0.717) is 12.3 Å². The Balaban J connectivity index is 2.30. The zero-order chi connectivity index (χ0) is 13.6. The number of ether oxygens (including phenoxy) is 1. The lowest BCUT2D eigenvalue weighted by atomic mass is 10.1. The molecule has 0 saturated carbocycles. The van der Waals surface area contributed by atoms with Crippen molar-refractivity contribution < 1.29 is 14.4 Å². The number of carbonyl (C=O) groups is 1. The van der Waals surface area contributed by atoms with Gasteiger partial charge in [-0.2, -0.15) is 5.90 Å². The van der Waals surface area contributed by atoms with Gasteiger partial charge in [-0.3, -0.25) is 0 Å². The number of rotatable bonds is 4. The maximum absolute atomic E-state index is 11.4. The number of carbonyl (C=O) groups excluding carboxylic acids is 1. The first-order valence-electron chi connectivity index (χ1n) is 5.83. The van der Waals surface area contributed by atoms with E-state index in [2.05, 4.69) is 10.2 Å². The van der Waals surface area contributed by atoms with Crippen molar-refractivity contribution in [3.05, 3.63) is 29.8 Å². The largest absolute Gasteiger partial charge is 0.444 e. The van der Waals surface area contributed by atoms with E-state index in [1.165, 1.54) is 0 Å². The van der Waals surface area contributed by atoms with Crippen LogP contribution in [-0.4, -0.2) is 18.2 Å². The minimum absolute atomic E-state index is 0.399. The molecule has 5 nitrogen and oxygen atoms in total. The first-order valence-corrected chi connectivity index (χ1v) is 5.83. The third kappa shape index (κ3) is 5.54. The molecule has 0 atom stereocenters. The van der Waals surface area contributed by atoms with Crippen molar-refractivity contribution in [1.29, 1.82) is 0 Å². The SMILES string of the molecule is CC(C)(C)OC(=O)NCCc1ccc(ON)cc1. The lowest BCUT2D eigenvalue weighted by Gasteiger charge is -2.19. The third-order valence-electron chi connectivity index (χ3n) is 2.14. The van der Waals surface area contributed by atoms with Crippen LogP contribution in [0.15, 0.2) is 24.3 Å². The Morgan fingerprint density at radius 3 is 2.39 bits per heavy atom. The minimum atomic E-state index is -0.468. The Kier molecular flexibility index (Phi) is 4.97. The second-order valence-corrected chi connectivity index (χ2v) is 4.94. The van der Waals surface area contributed by atoms with Crippen LogP contribution in [0.2, 0.25) is 0 Å². The predicted molar refractivity (Wildman–Crippen MR) is 69.2 cm³/mol. The van der Waals surface area contributed by atoms with Gasteiger partial charge in [-0.15, -0.1) is 0 Å². The van der Waals surface area contributed by atoms with Crippen molar-refractivity contribution in [3.63, 3.8) is 0 Å². The van der Waals surface area contributed by atoms with Crippen LogP contribution in [0.1, 0.15) is 26.3 Å². The van der Waals surface area contributed by atoms with Gasteiger partial charge in [-0.1, -0.05) is 12.1 Å². The van der Waals surface area contributed by atoms with Gasteiger partial charge >= 0.3 is 6.09 Å². The fourth-order valence-corrected chi connectivity index (χ4v) is 1.36. The van der Waals surface area contributed by atoms with E-state index in [-0.39, 0.29) is 0 Å². The van der Waals surface area contributed by atoms with E-state index in [9.17, 15) is 4.79 Å². The molecule has 1 rings (SSSR count). The highest BCUT2D eigenvalue weighted by Gasteiger charge is 2.15. The molecule has 0 heterocycles. The molecule has 0 radical (unpaired) electrons. The summed E-state index contributed by atoms with van der Waals surface area (Å²) in [4.78, 5) is 16.0. The molecule has 3 N–H and O–H groups in total. The van der Waals surface area contributed by atoms with E-state index >= 15 is 0 Å². The summed E-state index contributed by atoms with van der Waals surface area (Å²) in [5, 5.41) is 2.70. The summed E-state index contributed by atoms with van der Waals surface area (Å²) in [6.07, 6.45) is 0.328. The molecule has 0 aliphatic rings. The van der Waals surface area contributed by atoms with Crippen LogP contribution in [0, 0.1) is 0 Å². The Hall–Kier alpha value is -1.75. The summed E-state index contributed by atoms with van der Waals surface area (Å²) in [5.74, 6) is 5.63. The number of nitrogens with two attached hydrogens (primary N) is 1. The van der Waals surface area contributed by atoms with Crippen LogP contribution in [0.5, 0.6) is 5.75 Å². The zero-order valence-corrected chi connectivity index (χ0v) is 11.0. The van der Waals surface area contributed by atoms with Crippen LogP contribution >= 0.6 is 0 Å². The Bertz CT molecular complexity index is 382. The fraction of sp³-hybridized carbons (Fsp3) is 0.462. The van der Waals surface area contributed by atoms with Crippen molar-refractivity contribution in [2.45, 2.75) is 32.8 Å². The quantitative estimate of drug-likeness (QED) is 0.804. The van der Waals surface area contributed by atoms with Gasteiger partial charge in [0.1, 0.15) is 11.4 Å². The molecule has 0 aliphatic heterocycles. The Labute approximate surface area is 107 Å². The Morgan fingerprint density at radius 1 is 1.28 bits per heavy atom. The first kappa shape index (κ1) is 14.3. The molecule has 0 aromatic heterocycles. The monoisotopic (exact) mass is 252 g/mol. The number of nitrogens with one attached hydrogen (secondary N) is 1. The molecular weight excluding hydrogens is 232 g/mol. The van der Waals surface area contributed by atoms with Crippen molar-refractivity contribution in [2.24, 2.45) is 5.90 Å². The highest BCUT2D eigenvalue weighted by Crippen LogP contribution is 2.11. The first-order chi connectivity index (χ1) is 8.40. The highest BCUT2D eigenvalue weighted by atomic mass is 16.6. The average Bonchev–Trinajstić information content (AvgIpc) is 2.27. The molecule has 0 aliphatic carbocycles. The fourth-order valence-electron chi connectivity index (χ4n) is 1.36. The maximum atomic E-state index is 11.4. The highest BCUT2D eigenvalue weighted by molar-refractivity contribution is 5.67. The smallest absolute Gasteiger partial charge is 0.407 e. The van der Waals surface area contributed by atoms with Gasteiger partial charge < -0.3 is 14.9 Å². The lowest BCUT2D eigenvalue weighted by molar-refractivity contribution is 0.0528. The number of alkyl carbamates (subject to hydrolysis) is 1. The summed E-state index contributed by atoms with van der Waals surface area (Å²) in [5.41, 5.74) is 0.622. The van der Waals surface area contributed by atoms with Crippen LogP contribution in [-0.2, 0) is 11.2 Å². The molecule has 18 heavy (non-hydrogen) atoms. The lowest BCUT2D eigenvalue weighted by Crippen LogP contribution is -2.33. The molecule has 0 unspecified atom stereocenters. The van der Waals surface area contributed by atoms with Crippen LogP contribution in [0.3, 0.4) is 0 Å². The topological polar surface area (TPSA) is 73.6 Å². The summed E-state index contributed by atoms with van der Waals surface area (Å²) in [6.45, 7) is 6.02. The maximum Gasteiger partial charge on any atom is 0.407 e. The van der Waals surface area contributed by atoms with Crippen LogP contribution < -0.4 is 16.1 Å². The van der Waals surface area contributed by atoms with Crippen LogP contribution in [0.25, 0.3) is 0 Å². The van der Waals surface area contributed by atoms with Crippen molar-refractivity contribution in [2.75, 3.05) is 6.54 Å². The molecule has 5 heteroatoms. The summed E-state index contributed by atoms with van der Waals surface area (Å²) < 4.78 is 5.13. The molecule has 0 fully saturated rings. The second-order valence-electron chi connectivity index (χ2n) is 4.94. The van der Waals surface area contributed by atoms with Gasteiger partial charge in [-0.25, -0.2) is 4.79 Å². The van der Waals surface area contributed by atoms with Crippen molar-refractivity contribution in [3.8, 4) is 5.75 Å². The van der Waals surface area contributed by atoms with Gasteiger partial charge in [0.2, 0.25) is 0 Å². The minimum Gasteiger partial charge on any atom is -0.444 e. The normalized spacial score (nSPS) is 10.9. The van der Waals surface area contributed by atoms with Gasteiger partial charge in [0, 0.05) is 6.54 Å². The van der Waals surface area contributed by atoms with Crippen molar-refractivity contribution >= 4 is 6.09 Å². The summed E-state index contributed by atoms with van der Waals surface area (Å²) >= 11 is 0. The average molecular weight is 252 g/mol. The van der Waals surface area contributed by atoms with Crippen molar-refractivity contribution in [1.82, 2.24) is 5.32 Å². The van der Waals surface area contributed by atoms with Gasteiger partial charge in [0.25, 0.3) is 0 Å². The number of hydrogen-bond donors (Lipinski definition) is 2. The molecule has 1 aromatic carbocycles. The summed E-state index contributed by atoms with van der Waals surface area (Å²) in [7, 11) is 0. The Morgan fingerprint density at radius 2 is 1.89 bits per heavy atom. The molecule has 100 valence electrons. The second kappa shape index (κ2) is 6.26. The predicted octanol–water partition coefficient (Wildman–Crippen LogP) is 2.01. The molecule has 1 amide bonds. The van der Waals surface area contributed by atoms with E-state index in [0.717, 1.165) is 12.0 Å². The number of benzene rings is 1. The number of amides is 1. The third-order valence-corrected chi connectivity index (χ3v) is 2.14. The zero-order valence-electron chi connectivity index (χ0n) is 11.0. The molecular formula is C13H20N2O3. The molecule has 0 spiro atoms. The molecule has 0 bridgehead atoms. The molecule has 1 aromatic rings. The van der Waals surface area contributed by atoms with Gasteiger partial charge in [0.05, 0.1) is 0 Å². The summed E-state index contributed by atoms with van der Waals surface area (Å²) in [6, 6.07) is 7.36. The standard InChI is InChI=1S/C13H20N2O3/c1-13(2,3)17-12(16)15-9-8-10-4-6-11(18-14)7-5-10/h4-7H,8-9,14H2,1-3H3,(H,15,16). The van der Waals surface area contributed by atoms with Gasteiger partial charge in [-0.05, 0) is 44.9 Å². The van der Waals surface area contributed by atoms with E-state index in [1.54, 1.807) is 12.1 Å². The van der Waals surface area contributed by atoms with Crippen LogP contribution in [0.4, 0.5) is 4.79 Å². The van der Waals surface area contributed by atoms with Gasteiger partial charge in [0.15, 0.2) is 0 Å². The molecule has 0 saturated heterocycles. The van der Waals surface area contributed by atoms with E-state index in [4.69, 9.17) is 10.6 Å². The van der Waals surface area contributed by atoms with E-state index < -0.39 is 11.7 Å². The van der Waals surface area contributed by atoms with E-state index in [1.807, 2.05) is 32.9 Å².